The van der Waals surface area contributed by atoms with E-state index in [0.29, 0.717) is 6.42 Å². The molecule has 1 amide bonds. The minimum atomic E-state index is 0.0368. The standard InChI is InChI=1S/C22H28BrN3OS/c1-25-12-14-26(15-13-25)17-21(18-5-3-2-4-6-18)24-22(27)11-16-28-20-9-7-19(23)8-10-20/h2-10,21H,11-17H2,1H3,(H,24,27). The summed E-state index contributed by atoms with van der Waals surface area (Å²) in [5.41, 5.74) is 1.18. The Bertz CT molecular complexity index is 733. The second-order valence-corrected chi connectivity index (χ2v) is 9.27. The Labute approximate surface area is 180 Å². The number of nitrogens with one attached hydrogen (secondary N) is 1. The smallest absolute Gasteiger partial charge is 0.221 e. The molecule has 1 N–H and O–H groups in total. The third-order valence-electron chi connectivity index (χ3n) is 4.99. The van der Waals surface area contributed by atoms with Gasteiger partial charge in [-0.25, -0.2) is 0 Å². The largest absolute Gasteiger partial charge is 0.348 e. The zero-order chi connectivity index (χ0) is 19.8. The number of likely N-dealkylation sites (N-methyl/N-ethyl adjacent to an activating group) is 1. The number of halogens is 1. The second-order valence-electron chi connectivity index (χ2n) is 7.19. The SMILES string of the molecule is CN1CCN(CC(NC(=O)CCSc2ccc(Br)cc2)c2ccccc2)CC1. The highest BCUT2D eigenvalue weighted by atomic mass is 79.9. The summed E-state index contributed by atoms with van der Waals surface area (Å²) in [4.78, 5) is 18.6. The lowest BCUT2D eigenvalue weighted by Gasteiger charge is -2.35. The van der Waals surface area contributed by atoms with E-state index in [1.54, 1.807) is 11.8 Å². The molecule has 1 saturated heterocycles. The van der Waals surface area contributed by atoms with Crippen molar-refractivity contribution in [2.45, 2.75) is 17.4 Å². The molecule has 28 heavy (non-hydrogen) atoms. The van der Waals surface area contributed by atoms with Crippen LogP contribution in [0.3, 0.4) is 0 Å². The van der Waals surface area contributed by atoms with Crippen molar-refractivity contribution >= 4 is 33.6 Å². The summed E-state index contributed by atoms with van der Waals surface area (Å²) in [6, 6.07) is 18.6. The quantitative estimate of drug-likeness (QED) is 0.601. The fraction of sp³-hybridized carbons (Fsp3) is 0.409. The molecule has 0 aromatic heterocycles. The molecule has 6 heteroatoms. The lowest BCUT2D eigenvalue weighted by Crippen LogP contribution is -2.47. The van der Waals surface area contributed by atoms with Crippen LogP contribution in [0.2, 0.25) is 0 Å². The van der Waals surface area contributed by atoms with E-state index in [4.69, 9.17) is 0 Å². The normalized spacial score (nSPS) is 16.6. The van der Waals surface area contributed by atoms with Crippen molar-refractivity contribution in [2.24, 2.45) is 0 Å². The van der Waals surface area contributed by atoms with Gasteiger partial charge in [-0.3, -0.25) is 9.69 Å². The topological polar surface area (TPSA) is 35.6 Å². The molecule has 1 fully saturated rings. The molecule has 2 aromatic carbocycles. The van der Waals surface area contributed by atoms with E-state index in [9.17, 15) is 4.79 Å². The molecule has 1 atom stereocenters. The van der Waals surface area contributed by atoms with Crippen LogP contribution in [0.5, 0.6) is 0 Å². The predicted octanol–water partition coefficient (Wildman–Crippen LogP) is 4.04. The van der Waals surface area contributed by atoms with Gasteiger partial charge in [-0.05, 0) is 36.9 Å². The number of hydrogen-bond donors (Lipinski definition) is 1. The van der Waals surface area contributed by atoms with Gasteiger partial charge in [0.2, 0.25) is 5.91 Å². The van der Waals surface area contributed by atoms with Crippen LogP contribution in [0, 0.1) is 0 Å². The van der Waals surface area contributed by atoms with Gasteiger partial charge in [0.25, 0.3) is 0 Å². The highest BCUT2D eigenvalue weighted by molar-refractivity contribution is 9.10. The van der Waals surface area contributed by atoms with Crippen molar-refractivity contribution in [2.75, 3.05) is 45.5 Å². The predicted molar refractivity (Wildman–Crippen MR) is 121 cm³/mol. The number of carbonyl (C=O) groups excluding carboxylic acids is 1. The number of piperazine rings is 1. The molecule has 1 aliphatic rings. The molecule has 3 rings (SSSR count). The average molecular weight is 462 g/mol. The molecule has 1 aliphatic heterocycles. The van der Waals surface area contributed by atoms with E-state index < -0.39 is 0 Å². The van der Waals surface area contributed by atoms with Crippen LogP contribution in [0.25, 0.3) is 0 Å². The summed E-state index contributed by atoms with van der Waals surface area (Å²) in [6.45, 7) is 5.13. The van der Waals surface area contributed by atoms with Gasteiger partial charge in [0.05, 0.1) is 6.04 Å². The van der Waals surface area contributed by atoms with Gasteiger partial charge in [0, 0.05) is 54.3 Å². The molecular weight excluding hydrogens is 434 g/mol. The van der Waals surface area contributed by atoms with E-state index in [1.165, 1.54) is 10.5 Å². The van der Waals surface area contributed by atoms with Crippen molar-refractivity contribution in [1.82, 2.24) is 15.1 Å². The van der Waals surface area contributed by atoms with Crippen LogP contribution < -0.4 is 5.32 Å². The Balaban J connectivity index is 1.52. The Morgan fingerprint density at radius 3 is 2.43 bits per heavy atom. The molecule has 0 bridgehead atoms. The maximum absolute atomic E-state index is 12.6. The van der Waals surface area contributed by atoms with Crippen LogP contribution in [0.15, 0.2) is 64.0 Å². The van der Waals surface area contributed by atoms with Gasteiger partial charge >= 0.3 is 0 Å². The minimum absolute atomic E-state index is 0.0368. The van der Waals surface area contributed by atoms with Gasteiger partial charge in [-0.1, -0.05) is 46.3 Å². The Morgan fingerprint density at radius 1 is 1.07 bits per heavy atom. The molecule has 0 aliphatic carbocycles. The first-order valence-corrected chi connectivity index (χ1v) is 11.5. The molecule has 0 saturated carbocycles. The molecule has 1 unspecified atom stereocenters. The maximum atomic E-state index is 12.6. The van der Waals surface area contributed by atoms with Crippen molar-refractivity contribution in [3.8, 4) is 0 Å². The lowest BCUT2D eigenvalue weighted by atomic mass is 10.1. The number of nitrogens with zero attached hydrogens (tertiary/aromatic N) is 2. The molecule has 2 aromatic rings. The first kappa shape index (κ1) is 21.4. The van der Waals surface area contributed by atoms with Crippen molar-refractivity contribution in [1.29, 1.82) is 0 Å². The maximum Gasteiger partial charge on any atom is 0.221 e. The fourth-order valence-corrected chi connectivity index (χ4v) is 4.38. The van der Waals surface area contributed by atoms with Crippen LogP contribution in [0.4, 0.5) is 0 Å². The van der Waals surface area contributed by atoms with Crippen LogP contribution >= 0.6 is 27.7 Å². The summed E-state index contributed by atoms with van der Waals surface area (Å²) in [5.74, 6) is 0.899. The molecule has 1 heterocycles. The summed E-state index contributed by atoms with van der Waals surface area (Å²) in [6.07, 6.45) is 0.521. The molecule has 0 spiro atoms. The van der Waals surface area contributed by atoms with E-state index >= 15 is 0 Å². The van der Waals surface area contributed by atoms with Gasteiger partial charge in [-0.15, -0.1) is 11.8 Å². The van der Waals surface area contributed by atoms with Crippen LogP contribution in [-0.2, 0) is 4.79 Å². The zero-order valence-corrected chi connectivity index (χ0v) is 18.7. The highest BCUT2D eigenvalue weighted by Gasteiger charge is 2.21. The van der Waals surface area contributed by atoms with E-state index in [-0.39, 0.29) is 11.9 Å². The van der Waals surface area contributed by atoms with Gasteiger partial charge in [0.15, 0.2) is 0 Å². The average Bonchev–Trinajstić information content (AvgIpc) is 2.71. The molecule has 4 nitrogen and oxygen atoms in total. The van der Waals surface area contributed by atoms with E-state index in [1.807, 2.05) is 30.3 Å². The van der Waals surface area contributed by atoms with E-state index in [2.05, 4.69) is 62.4 Å². The summed E-state index contributed by atoms with van der Waals surface area (Å²) in [7, 11) is 2.16. The number of hydrogen-bond acceptors (Lipinski definition) is 4. The Hall–Kier alpha value is -1.34. The third kappa shape index (κ3) is 6.92. The first-order valence-electron chi connectivity index (χ1n) is 9.74. The number of benzene rings is 2. The monoisotopic (exact) mass is 461 g/mol. The number of amides is 1. The number of rotatable bonds is 8. The van der Waals surface area contributed by atoms with Gasteiger partial charge in [0.1, 0.15) is 0 Å². The third-order valence-corrected chi connectivity index (χ3v) is 6.53. The Morgan fingerprint density at radius 2 is 1.75 bits per heavy atom. The zero-order valence-electron chi connectivity index (χ0n) is 16.3. The molecular formula is C22H28BrN3OS. The van der Waals surface area contributed by atoms with Gasteiger partial charge in [-0.2, -0.15) is 0 Å². The van der Waals surface area contributed by atoms with E-state index in [0.717, 1.165) is 42.9 Å². The van der Waals surface area contributed by atoms with Crippen LogP contribution in [0.1, 0.15) is 18.0 Å². The van der Waals surface area contributed by atoms with Crippen molar-refractivity contribution in [3.05, 3.63) is 64.6 Å². The summed E-state index contributed by atoms with van der Waals surface area (Å²) >= 11 is 5.17. The second kappa shape index (κ2) is 11.0. The lowest BCUT2D eigenvalue weighted by molar-refractivity contribution is -0.121. The fourth-order valence-electron chi connectivity index (χ4n) is 3.27. The summed E-state index contributed by atoms with van der Waals surface area (Å²) in [5, 5.41) is 3.27. The minimum Gasteiger partial charge on any atom is -0.348 e. The molecule has 150 valence electrons. The number of thioether (sulfide) groups is 1. The molecule has 0 radical (unpaired) electrons. The first-order chi connectivity index (χ1) is 13.6. The summed E-state index contributed by atoms with van der Waals surface area (Å²) < 4.78 is 1.07. The Kier molecular flexibility index (Phi) is 8.40. The van der Waals surface area contributed by atoms with Gasteiger partial charge < -0.3 is 10.2 Å². The van der Waals surface area contributed by atoms with Crippen molar-refractivity contribution < 1.29 is 4.79 Å². The van der Waals surface area contributed by atoms with Crippen molar-refractivity contribution in [3.63, 3.8) is 0 Å². The number of carbonyl (C=O) groups is 1. The highest BCUT2D eigenvalue weighted by Crippen LogP contribution is 2.21. The van der Waals surface area contributed by atoms with Crippen LogP contribution in [-0.4, -0.2) is 61.2 Å².